The molecule has 0 radical (unpaired) electrons. The fourth-order valence-electron chi connectivity index (χ4n) is 3.26. The highest BCUT2D eigenvalue weighted by Crippen LogP contribution is 2.26. The lowest BCUT2D eigenvalue weighted by atomic mass is 10.1. The Balaban J connectivity index is 1.72. The molecule has 4 rings (SSSR count). The zero-order valence-electron chi connectivity index (χ0n) is 14.1. The topological polar surface area (TPSA) is 55.3 Å². The molecule has 5 heteroatoms. The molecule has 1 aliphatic rings. The molecule has 0 saturated carbocycles. The first-order chi connectivity index (χ1) is 12.3. The number of aromatic nitrogens is 2. The zero-order chi connectivity index (χ0) is 17.2. The van der Waals surface area contributed by atoms with Gasteiger partial charge in [0.2, 0.25) is 0 Å². The van der Waals surface area contributed by atoms with Gasteiger partial charge in [-0.15, -0.1) is 0 Å². The smallest absolute Gasteiger partial charge is 0.261 e. The monoisotopic (exact) mass is 333 g/mol. The SMILES string of the molecule is COc1ccc2cc(C(=O)N3CCCCc4cccnc43)cnc2c1. The van der Waals surface area contributed by atoms with Gasteiger partial charge in [0.15, 0.2) is 0 Å². The molecule has 3 aromatic rings. The van der Waals surface area contributed by atoms with Crippen molar-refractivity contribution >= 4 is 22.6 Å². The van der Waals surface area contributed by atoms with Crippen molar-refractivity contribution < 1.29 is 9.53 Å². The molecule has 0 fully saturated rings. The predicted octanol–water partition coefficient (Wildman–Crippen LogP) is 3.62. The van der Waals surface area contributed by atoms with Crippen LogP contribution in [0.2, 0.25) is 0 Å². The van der Waals surface area contributed by atoms with Crippen LogP contribution >= 0.6 is 0 Å². The third-order valence-corrected chi connectivity index (χ3v) is 4.58. The van der Waals surface area contributed by atoms with Crippen molar-refractivity contribution in [2.24, 2.45) is 0 Å². The molecule has 0 bridgehead atoms. The molecule has 3 heterocycles. The number of pyridine rings is 2. The quantitative estimate of drug-likeness (QED) is 0.719. The Labute approximate surface area is 146 Å². The minimum Gasteiger partial charge on any atom is -0.497 e. The summed E-state index contributed by atoms with van der Waals surface area (Å²) in [5, 5.41) is 0.919. The molecule has 0 saturated heterocycles. The first kappa shape index (κ1) is 15.6. The fourth-order valence-corrected chi connectivity index (χ4v) is 3.26. The summed E-state index contributed by atoms with van der Waals surface area (Å²) in [6, 6.07) is 11.5. The van der Waals surface area contributed by atoms with Crippen LogP contribution in [0.3, 0.4) is 0 Å². The summed E-state index contributed by atoms with van der Waals surface area (Å²) in [5.74, 6) is 1.48. The summed E-state index contributed by atoms with van der Waals surface area (Å²) in [6.45, 7) is 0.684. The van der Waals surface area contributed by atoms with Gasteiger partial charge >= 0.3 is 0 Å². The number of hydrogen-bond acceptors (Lipinski definition) is 4. The lowest BCUT2D eigenvalue weighted by Crippen LogP contribution is -2.32. The molecular formula is C20H19N3O2. The molecule has 0 aliphatic carbocycles. The molecular weight excluding hydrogens is 314 g/mol. The Kier molecular flexibility index (Phi) is 4.06. The van der Waals surface area contributed by atoms with Crippen molar-refractivity contribution in [2.45, 2.75) is 19.3 Å². The number of hydrogen-bond donors (Lipinski definition) is 0. The van der Waals surface area contributed by atoms with Gasteiger partial charge in [-0.1, -0.05) is 6.07 Å². The summed E-state index contributed by atoms with van der Waals surface area (Å²) >= 11 is 0. The molecule has 0 N–H and O–H groups in total. The summed E-state index contributed by atoms with van der Waals surface area (Å²) in [6.07, 6.45) is 6.38. The lowest BCUT2D eigenvalue weighted by Gasteiger charge is -2.21. The molecule has 0 unspecified atom stereocenters. The van der Waals surface area contributed by atoms with E-state index >= 15 is 0 Å². The van der Waals surface area contributed by atoms with E-state index in [0.717, 1.165) is 47.3 Å². The number of rotatable bonds is 2. The van der Waals surface area contributed by atoms with E-state index in [1.54, 1.807) is 24.4 Å². The summed E-state index contributed by atoms with van der Waals surface area (Å²) in [7, 11) is 1.63. The van der Waals surface area contributed by atoms with Gasteiger partial charge in [-0.3, -0.25) is 14.7 Å². The van der Waals surface area contributed by atoms with Gasteiger partial charge in [-0.25, -0.2) is 4.98 Å². The minimum atomic E-state index is -0.0490. The van der Waals surface area contributed by atoms with Crippen molar-refractivity contribution in [1.82, 2.24) is 9.97 Å². The van der Waals surface area contributed by atoms with Crippen LogP contribution in [0.1, 0.15) is 28.8 Å². The van der Waals surface area contributed by atoms with Gasteiger partial charge in [-0.2, -0.15) is 0 Å². The molecule has 25 heavy (non-hydrogen) atoms. The van der Waals surface area contributed by atoms with Gasteiger partial charge < -0.3 is 4.74 Å². The van der Waals surface area contributed by atoms with E-state index in [2.05, 4.69) is 16.0 Å². The fraction of sp³-hybridized carbons (Fsp3) is 0.250. The Bertz CT molecular complexity index is 939. The molecule has 2 aromatic heterocycles. The number of aryl methyl sites for hydroxylation is 1. The van der Waals surface area contributed by atoms with Crippen LogP contribution in [0, 0.1) is 0 Å². The summed E-state index contributed by atoms with van der Waals surface area (Å²) < 4.78 is 5.22. The maximum atomic E-state index is 13.1. The van der Waals surface area contributed by atoms with Gasteiger partial charge in [0.25, 0.3) is 5.91 Å². The highest BCUT2D eigenvalue weighted by molar-refractivity contribution is 6.07. The van der Waals surface area contributed by atoms with E-state index in [0.29, 0.717) is 12.1 Å². The standard InChI is InChI=1S/C20H19N3O2/c1-25-17-8-7-15-11-16(13-22-18(15)12-17)20(24)23-10-3-2-5-14-6-4-9-21-19(14)23/h4,6-9,11-13H,2-3,5,10H2,1H3. The van der Waals surface area contributed by atoms with Crippen molar-refractivity contribution in [1.29, 1.82) is 0 Å². The lowest BCUT2D eigenvalue weighted by molar-refractivity contribution is 0.0986. The average molecular weight is 333 g/mol. The normalized spacial score (nSPS) is 14.0. The van der Waals surface area contributed by atoms with Gasteiger partial charge in [0, 0.05) is 30.4 Å². The highest BCUT2D eigenvalue weighted by atomic mass is 16.5. The maximum absolute atomic E-state index is 13.1. The van der Waals surface area contributed by atoms with E-state index < -0.39 is 0 Å². The van der Waals surface area contributed by atoms with E-state index in [9.17, 15) is 4.79 Å². The highest BCUT2D eigenvalue weighted by Gasteiger charge is 2.23. The Morgan fingerprint density at radius 3 is 2.96 bits per heavy atom. The largest absolute Gasteiger partial charge is 0.497 e. The van der Waals surface area contributed by atoms with E-state index in [4.69, 9.17) is 4.74 Å². The number of amides is 1. The van der Waals surface area contributed by atoms with Crippen LogP contribution < -0.4 is 9.64 Å². The number of carbonyl (C=O) groups excluding carboxylic acids is 1. The number of nitrogens with zero attached hydrogens (tertiary/aromatic N) is 3. The molecule has 5 nitrogen and oxygen atoms in total. The molecule has 1 aliphatic heterocycles. The average Bonchev–Trinajstić information content (AvgIpc) is 2.89. The Hall–Kier alpha value is -2.95. The number of methoxy groups -OCH3 is 1. The molecule has 126 valence electrons. The second-order valence-corrected chi connectivity index (χ2v) is 6.18. The van der Waals surface area contributed by atoms with Crippen molar-refractivity contribution in [3.8, 4) is 5.75 Å². The van der Waals surface area contributed by atoms with Crippen LogP contribution in [0.4, 0.5) is 5.82 Å². The van der Waals surface area contributed by atoms with E-state index in [1.807, 2.05) is 30.3 Å². The maximum Gasteiger partial charge on any atom is 0.261 e. The van der Waals surface area contributed by atoms with Gasteiger partial charge in [0.1, 0.15) is 11.6 Å². The second-order valence-electron chi connectivity index (χ2n) is 6.18. The Morgan fingerprint density at radius 2 is 2.08 bits per heavy atom. The van der Waals surface area contributed by atoms with Crippen LogP contribution in [-0.2, 0) is 6.42 Å². The molecule has 1 aromatic carbocycles. The number of benzene rings is 1. The van der Waals surface area contributed by atoms with Gasteiger partial charge in [0.05, 0.1) is 18.2 Å². The third-order valence-electron chi connectivity index (χ3n) is 4.58. The molecule has 1 amide bonds. The van der Waals surface area contributed by atoms with Crippen LogP contribution in [0.25, 0.3) is 10.9 Å². The second kappa shape index (κ2) is 6.51. The molecule has 0 spiro atoms. The van der Waals surface area contributed by atoms with Crippen molar-refractivity contribution in [3.05, 3.63) is 59.9 Å². The van der Waals surface area contributed by atoms with E-state index in [-0.39, 0.29) is 5.91 Å². The Morgan fingerprint density at radius 1 is 1.16 bits per heavy atom. The predicted molar refractivity (Wildman–Crippen MR) is 97.1 cm³/mol. The summed E-state index contributed by atoms with van der Waals surface area (Å²) in [5.41, 5.74) is 2.52. The van der Waals surface area contributed by atoms with Crippen molar-refractivity contribution in [2.75, 3.05) is 18.6 Å². The van der Waals surface area contributed by atoms with Crippen molar-refractivity contribution in [3.63, 3.8) is 0 Å². The third kappa shape index (κ3) is 2.93. The van der Waals surface area contributed by atoms with Crippen LogP contribution in [0.15, 0.2) is 48.8 Å². The number of fused-ring (bicyclic) bond motifs is 2. The van der Waals surface area contributed by atoms with Crippen LogP contribution in [0.5, 0.6) is 5.75 Å². The summed E-state index contributed by atoms with van der Waals surface area (Å²) in [4.78, 5) is 23.8. The van der Waals surface area contributed by atoms with Gasteiger partial charge in [-0.05, 0) is 49.1 Å². The number of ether oxygens (including phenoxy) is 1. The first-order valence-electron chi connectivity index (χ1n) is 8.46. The first-order valence-corrected chi connectivity index (χ1v) is 8.46. The zero-order valence-corrected chi connectivity index (χ0v) is 14.1. The minimum absolute atomic E-state index is 0.0490. The van der Waals surface area contributed by atoms with Crippen LogP contribution in [-0.4, -0.2) is 29.5 Å². The molecule has 0 atom stereocenters. The number of anilines is 1. The van der Waals surface area contributed by atoms with E-state index in [1.165, 1.54) is 0 Å². The number of carbonyl (C=O) groups is 1.